The molecule has 0 radical (unpaired) electrons. The molecule has 2 heteroatoms. The Morgan fingerprint density at radius 2 is 1.77 bits per heavy atom. The standard InChI is InChI=1S/C29H51AsSe/c1-20(2)9-8-10-21(3)25-13-14-26-24-12-11-22-19-23(31-30(6)7)15-17-28(22,4)27(24)16-18-29(25,26)5/h11,20-21,23-27H,8-10,12-19H2,1-7H3. The van der Waals surface area contributed by atoms with Gasteiger partial charge in [-0.05, 0) is 5.92 Å². The SMILES string of the molecule is CC(C)CCCC(C)C1CCC2C3CC=C4CC([Se][As](C)C)CCC4(C)C3CCC12C. The Morgan fingerprint density at radius 1 is 1.00 bits per heavy atom. The van der Waals surface area contributed by atoms with Gasteiger partial charge >= 0.3 is 179 Å². The van der Waals surface area contributed by atoms with Crippen LogP contribution in [0, 0.1) is 46.3 Å². The van der Waals surface area contributed by atoms with E-state index in [9.17, 15) is 0 Å². The van der Waals surface area contributed by atoms with Crippen LogP contribution in [-0.4, -0.2) is 25.7 Å². The van der Waals surface area contributed by atoms with Crippen molar-refractivity contribution in [3.8, 4) is 0 Å². The summed E-state index contributed by atoms with van der Waals surface area (Å²) in [6, 6.07) is 0. The van der Waals surface area contributed by atoms with Gasteiger partial charge in [0.05, 0.1) is 0 Å². The number of fused-ring (bicyclic) bond motifs is 5. The zero-order valence-electron chi connectivity index (χ0n) is 21.8. The third kappa shape index (κ3) is 4.83. The van der Waals surface area contributed by atoms with Gasteiger partial charge in [-0.1, -0.05) is 20.3 Å². The zero-order valence-corrected chi connectivity index (χ0v) is 25.3. The molecule has 0 aromatic heterocycles. The first-order valence-corrected chi connectivity index (χ1v) is 23.2. The average molecular weight is 554 g/mol. The van der Waals surface area contributed by atoms with E-state index in [0.29, 0.717) is 10.8 Å². The summed E-state index contributed by atoms with van der Waals surface area (Å²) in [5.41, 5.74) is 8.33. The van der Waals surface area contributed by atoms with Crippen molar-refractivity contribution in [3.63, 3.8) is 0 Å². The van der Waals surface area contributed by atoms with Gasteiger partial charge in [-0.2, -0.15) is 0 Å². The molecule has 0 heterocycles. The van der Waals surface area contributed by atoms with Gasteiger partial charge in [0.15, 0.2) is 0 Å². The Morgan fingerprint density at radius 3 is 2.48 bits per heavy atom. The van der Waals surface area contributed by atoms with Gasteiger partial charge in [0.1, 0.15) is 0 Å². The van der Waals surface area contributed by atoms with Crippen LogP contribution in [0.4, 0.5) is 0 Å². The molecule has 0 N–H and O–H groups in total. The van der Waals surface area contributed by atoms with E-state index in [1.807, 2.05) is 5.57 Å². The molecule has 8 atom stereocenters. The van der Waals surface area contributed by atoms with E-state index in [0.717, 1.165) is 53.3 Å². The molecular weight excluding hydrogens is 502 g/mol. The van der Waals surface area contributed by atoms with Crippen molar-refractivity contribution < 1.29 is 0 Å². The fraction of sp³-hybridized carbons (Fsp3) is 0.931. The Hall–Kier alpha value is 0.818. The van der Waals surface area contributed by atoms with Crippen LogP contribution in [0.25, 0.3) is 0 Å². The quantitative estimate of drug-likeness (QED) is 0.218. The molecule has 8 unspecified atom stereocenters. The molecule has 3 fully saturated rings. The first-order valence-electron chi connectivity index (χ1n) is 13.7. The molecule has 31 heavy (non-hydrogen) atoms. The summed E-state index contributed by atoms with van der Waals surface area (Å²) < 4.78 is 0. The van der Waals surface area contributed by atoms with Gasteiger partial charge in [0.2, 0.25) is 0 Å². The molecule has 3 saturated carbocycles. The normalized spacial score (nSPS) is 43.4. The molecule has 0 amide bonds. The van der Waals surface area contributed by atoms with Gasteiger partial charge < -0.3 is 0 Å². The second kappa shape index (κ2) is 9.82. The van der Waals surface area contributed by atoms with Crippen LogP contribution in [0.1, 0.15) is 105 Å². The van der Waals surface area contributed by atoms with E-state index in [4.69, 9.17) is 0 Å². The molecule has 0 aromatic carbocycles. The molecule has 0 saturated heterocycles. The second-order valence-corrected chi connectivity index (χ2v) is 28.6. The summed E-state index contributed by atoms with van der Waals surface area (Å²) in [4.78, 5) is 1.09. The minimum atomic E-state index is -0.432. The van der Waals surface area contributed by atoms with Crippen LogP contribution in [-0.2, 0) is 0 Å². The predicted octanol–water partition coefficient (Wildman–Crippen LogP) is 8.77. The molecule has 0 aliphatic heterocycles. The van der Waals surface area contributed by atoms with Crippen molar-refractivity contribution >= 4 is 25.7 Å². The summed E-state index contributed by atoms with van der Waals surface area (Å²) >= 11 is 0.556. The Kier molecular flexibility index (Phi) is 7.90. The number of hydrogen-bond acceptors (Lipinski definition) is 0. The van der Waals surface area contributed by atoms with Crippen LogP contribution in [0.3, 0.4) is 0 Å². The Balaban J connectivity index is 1.46. The molecule has 0 bridgehead atoms. The van der Waals surface area contributed by atoms with Crippen LogP contribution < -0.4 is 0 Å². The van der Waals surface area contributed by atoms with Crippen LogP contribution in [0.2, 0.25) is 16.2 Å². The molecule has 0 nitrogen and oxygen atoms in total. The zero-order chi connectivity index (χ0) is 22.4. The average Bonchev–Trinajstić information content (AvgIpc) is 3.05. The van der Waals surface area contributed by atoms with Crippen molar-refractivity contribution in [2.45, 2.75) is 121 Å². The van der Waals surface area contributed by atoms with Crippen molar-refractivity contribution in [3.05, 3.63) is 11.6 Å². The maximum absolute atomic E-state index is 2.82. The van der Waals surface area contributed by atoms with Crippen LogP contribution in [0.15, 0.2) is 11.6 Å². The van der Waals surface area contributed by atoms with E-state index in [2.05, 4.69) is 52.1 Å². The monoisotopic (exact) mass is 554 g/mol. The first kappa shape index (κ1) is 24.9. The summed E-state index contributed by atoms with van der Waals surface area (Å²) in [5, 5.41) is 0. The van der Waals surface area contributed by atoms with Crippen molar-refractivity contribution in [1.29, 1.82) is 0 Å². The van der Waals surface area contributed by atoms with Gasteiger partial charge in [0, 0.05) is 0 Å². The van der Waals surface area contributed by atoms with E-state index in [1.165, 1.54) is 57.8 Å². The molecule has 178 valence electrons. The summed E-state index contributed by atoms with van der Waals surface area (Å²) in [6.07, 6.45) is 19.3. The minimum absolute atomic E-state index is 0.432. The molecule has 0 aromatic rings. The van der Waals surface area contributed by atoms with E-state index in [1.54, 1.807) is 12.8 Å². The third-order valence-electron chi connectivity index (χ3n) is 10.6. The predicted molar refractivity (Wildman–Crippen MR) is 140 cm³/mol. The first-order chi connectivity index (χ1) is 14.6. The maximum atomic E-state index is 2.82. The van der Waals surface area contributed by atoms with E-state index < -0.39 is 12.8 Å². The van der Waals surface area contributed by atoms with E-state index >= 15 is 0 Å². The summed E-state index contributed by atoms with van der Waals surface area (Å²) in [5.74, 6) is 5.84. The molecule has 4 aliphatic rings. The molecule has 0 spiro atoms. The van der Waals surface area contributed by atoms with Crippen molar-refractivity contribution in [2.75, 3.05) is 0 Å². The topological polar surface area (TPSA) is 0 Å². The van der Waals surface area contributed by atoms with Gasteiger partial charge in [0.25, 0.3) is 0 Å². The molecule has 4 rings (SSSR count). The second-order valence-electron chi connectivity index (χ2n) is 13.1. The number of rotatable bonds is 7. The van der Waals surface area contributed by atoms with Crippen molar-refractivity contribution in [2.24, 2.45) is 46.3 Å². The van der Waals surface area contributed by atoms with Crippen LogP contribution in [0.5, 0.6) is 0 Å². The van der Waals surface area contributed by atoms with E-state index in [-0.39, 0.29) is 0 Å². The summed E-state index contributed by atoms with van der Waals surface area (Å²) in [6.45, 7) is 12.9. The number of allylic oxidation sites excluding steroid dienone is 2. The van der Waals surface area contributed by atoms with Gasteiger partial charge in [-0.15, -0.1) is 0 Å². The molecule has 4 aliphatic carbocycles. The third-order valence-corrected chi connectivity index (χ3v) is 20.8. The van der Waals surface area contributed by atoms with Crippen molar-refractivity contribution in [1.82, 2.24) is 0 Å². The fourth-order valence-corrected chi connectivity index (χ4v) is 19.8. The van der Waals surface area contributed by atoms with Gasteiger partial charge in [-0.25, -0.2) is 0 Å². The van der Waals surface area contributed by atoms with Crippen LogP contribution >= 0.6 is 0 Å². The summed E-state index contributed by atoms with van der Waals surface area (Å²) in [7, 11) is 0. The Bertz CT molecular complexity index is 653. The molecular formula is C29H51AsSe. The fourth-order valence-electron chi connectivity index (χ4n) is 9.04. The number of hydrogen-bond donors (Lipinski definition) is 0. The van der Waals surface area contributed by atoms with Gasteiger partial charge in [-0.3, -0.25) is 0 Å². The Labute approximate surface area is 204 Å².